The van der Waals surface area contributed by atoms with E-state index in [0.717, 1.165) is 6.07 Å². The Balaban J connectivity index is 2.31. The van der Waals surface area contributed by atoms with Crippen molar-refractivity contribution in [2.45, 2.75) is 0 Å². The summed E-state index contributed by atoms with van der Waals surface area (Å²) in [7, 11) is 1.49. The molecule has 108 valence electrons. The Morgan fingerprint density at radius 2 is 2.00 bits per heavy atom. The van der Waals surface area contributed by atoms with E-state index < -0.39 is 16.8 Å². The van der Waals surface area contributed by atoms with Gasteiger partial charge in [-0.1, -0.05) is 12.1 Å². The number of aryl methyl sites for hydroxylation is 1. The van der Waals surface area contributed by atoms with Gasteiger partial charge in [0.1, 0.15) is 5.69 Å². The maximum Gasteiger partial charge on any atom is 0.337 e. The first kappa shape index (κ1) is 14.3. The molecule has 0 aliphatic rings. The molecule has 0 atom stereocenters. The Labute approximate surface area is 118 Å². The van der Waals surface area contributed by atoms with Gasteiger partial charge >= 0.3 is 5.97 Å². The number of rotatable bonds is 4. The minimum atomic E-state index is -1.18. The van der Waals surface area contributed by atoms with E-state index in [-0.39, 0.29) is 22.6 Å². The van der Waals surface area contributed by atoms with Gasteiger partial charge in [-0.05, 0) is 12.1 Å². The average molecular weight is 289 g/mol. The van der Waals surface area contributed by atoms with E-state index in [0.29, 0.717) is 0 Å². The summed E-state index contributed by atoms with van der Waals surface area (Å²) in [6.07, 6.45) is 1.21. The molecule has 1 heterocycles. The number of nitro groups is 1. The largest absolute Gasteiger partial charge is 0.478 e. The standard InChI is InChI=1S/C13H11N3O5/c1-15-7-8(16(20)21)6-11(15)12(17)14-10-5-3-2-4-9(10)13(18)19/h2-7H,1H3,(H,14,17)(H,18,19). The molecule has 0 aliphatic carbocycles. The summed E-state index contributed by atoms with van der Waals surface area (Å²) in [4.78, 5) is 33.2. The first-order valence-corrected chi connectivity index (χ1v) is 5.84. The monoisotopic (exact) mass is 289 g/mol. The molecule has 1 aromatic carbocycles. The van der Waals surface area contributed by atoms with Crippen LogP contribution in [0.5, 0.6) is 0 Å². The Morgan fingerprint density at radius 3 is 2.57 bits per heavy atom. The Bertz CT molecular complexity index is 735. The second kappa shape index (κ2) is 5.45. The number of carbonyl (C=O) groups is 2. The van der Waals surface area contributed by atoms with Gasteiger partial charge in [-0.3, -0.25) is 14.9 Å². The van der Waals surface area contributed by atoms with E-state index in [1.807, 2.05) is 0 Å². The quantitative estimate of drug-likeness (QED) is 0.658. The predicted molar refractivity (Wildman–Crippen MR) is 73.4 cm³/mol. The second-order valence-electron chi connectivity index (χ2n) is 4.26. The lowest BCUT2D eigenvalue weighted by molar-refractivity contribution is -0.384. The fourth-order valence-electron chi connectivity index (χ4n) is 1.84. The molecule has 0 spiro atoms. The van der Waals surface area contributed by atoms with Crippen LogP contribution in [0.4, 0.5) is 11.4 Å². The number of nitrogens with one attached hydrogen (secondary N) is 1. The van der Waals surface area contributed by atoms with Gasteiger partial charge in [-0.25, -0.2) is 4.79 Å². The van der Waals surface area contributed by atoms with Crippen LogP contribution in [0, 0.1) is 10.1 Å². The van der Waals surface area contributed by atoms with Crippen molar-refractivity contribution in [1.82, 2.24) is 4.57 Å². The molecule has 0 saturated carbocycles. The molecule has 8 heteroatoms. The molecule has 0 unspecified atom stereocenters. The molecule has 2 N–H and O–H groups in total. The predicted octanol–water partition coefficient (Wildman–Crippen LogP) is 1.88. The lowest BCUT2D eigenvalue weighted by Gasteiger charge is -2.08. The molecule has 0 aliphatic heterocycles. The van der Waals surface area contributed by atoms with E-state index in [1.165, 1.54) is 36.0 Å². The second-order valence-corrected chi connectivity index (χ2v) is 4.26. The smallest absolute Gasteiger partial charge is 0.337 e. The summed E-state index contributed by atoms with van der Waals surface area (Å²) in [5.41, 5.74) is -0.0931. The molecule has 2 rings (SSSR count). The number of hydrogen-bond acceptors (Lipinski definition) is 4. The number of carboxylic acids is 1. The van der Waals surface area contributed by atoms with Crippen molar-refractivity contribution in [1.29, 1.82) is 0 Å². The third kappa shape index (κ3) is 2.89. The molecule has 0 fully saturated rings. The zero-order valence-corrected chi connectivity index (χ0v) is 10.9. The average Bonchev–Trinajstić information content (AvgIpc) is 2.81. The summed E-state index contributed by atoms with van der Waals surface area (Å²) >= 11 is 0. The first-order chi connectivity index (χ1) is 9.90. The van der Waals surface area contributed by atoms with Crippen LogP contribution in [0.3, 0.4) is 0 Å². The highest BCUT2D eigenvalue weighted by molar-refractivity contribution is 6.07. The Hall–Kier alpha value is -3.16. The number of aromatic carboxylic acids is 1. The van der Waals surface area contributed by atoms with Crippen LogP contribution in [0.1, 0.15) is 20.8 Å². The van der Waals surface area contributed by atoms with Gasteiger partial charge < -0.3 is 15.0 Å². The number of carbonyl (C=O) groups excluding carboxylic acids is 1. The summed E-state index contributed by atoms with van der Waals surface area (Å²) < 4.78 is 1.30. The lowest BCUT2D eigenvalue weighted by atomic mass is 10.2. The van der Waals surface area contributed by atoms with Crippen molar-refractivity contribution in [2.75, 3.05) is 5.32 Å². The van der Waals surface area contributed by atoms with Crippen LogP contribution in [0.15, 0.2) is 36.5 Å². The molecule has 2 aromatic rings. The van der Waals surface area contributed by atoms with Gasteiger partial charge in [0.15, 0.2) is 0 Å². The Morgan fingerprint density at radius 1 is 1.33 bits per heavy atom. The van der Waals surface area contributed by atoms with Crippen molar-refractivity contribution < 1.29 is 19.6 Å². The van der Waals surface area contributed by atoms with Crippen LogP contribution in [-0.4, -0.2) is 26.5 Å². The number of hydrogen-bond donors (Lipinski definition) is 2. The normalized spacial score (nSPS) is 10.1. The van der Waals surface area contributed by atoms with Crippen LogP contribution in [0.25, 0.3) is 0 Å². The molecule has 1 amide bonds. The third-order valence-corrected chi connectivity index (χ3v) is 2.84. The molecule has 0 bridgehead atoms. The van der Waals surface area contributed by atoms with Crippen molar-refractivity contribution in [3.05, 3.63) is 57.9 Å². The molecular formula is C13H11N3O5. The van der Waals surface area contributed by atoms with Crippen molar-refractivity contribution >= 4 is 23.3 Å². The van der Waals surface area contributed by atoms with Crippen LogP contribution >= 0.6 is 0 Å². The first-order valence-electron chi connectivity index (χ1n) is 5.84. The summed E-state index contributed by atoms with van der Waals surface area (Å²) in [6, 6.07) is 7.03. The zero-order valence-electron chi connectivity index (χ0n) is 10.9. The van der Waals surface area contributed by atoms with Gasteiger partial charge in [-0.15, -0.1) is 0 Å². The number of amides is 1. The van der Waals surface area contributed by atoms with Gasteiger partial charge in [0.2, 0.25) is 0 Å². The van der Waals surface area contributed by atoms with Crippen molar-refractivity contribution in [3.63, 3.8) is 0 Å². The molecule has 0 saturated heterocycles. The van der Waals surface area contributed by atoms with E-state index >= 15 is 0 Å². The summed E-state index contributed by atoms with van der Waals surface area (Å²) in [5.74, 6) is -1.80. The maximum atomic E-state index is 12.1. The summed E-state index contributed by atoms with van der Waals surface area (Å²) in [5, 5.41) is 22.1. The van der Waals surface area contributed by atoms with Crippen LogP contribution < -0.4 is 5.32 Å². The number of nitrogens with zero attached hydrogens (tertiary/aromatic N) is 2. The van der Waals surface area contributed by atoms with Gasteiger partial charge in [0, 0.05) is 13.1 Å². The van der Waals surface area contributed by atoms with E-state index in [2.05, 4.69) is 5.32 Å². The van der Waals surface area contributed by atoms with Crippen molar-refractivity contribution in [2.24, 2.45) is 7.05 Å². The van der Waals surface area contributed by atoms with E-state index in [9.17, 15) is 19.7 Å². The molecule has 0 radical (unpaired) electrons. The molecule has 21 heavy (non-hydrogen) atoms. The van der Waals surface area contributed by atoms with Crippen LogP contribution in [-0.2, 0) is 7.05 Å². The number of carboxylic acid groups (broad SMARTS) is 1. The highest BCUT2D eigenvalue weighted by Gasteiger charge is 2.19. The highest BCUT2D eigenvalue weighted by Crippen LogP contribution is 2.19. The number of para-hydroxylation sites is 1. The van der Waals surface area contributed by atoms with Crippen molar-refractivity contribution in [3.8, 4) is 0 Å². The minimum Gasteiger partial charge on any atom is -0.478 e. The summed E-state index contributed by atoms with van der Waals surface area (Å²) in [6.45, 7) is 0. The molecule has 1 aromatic heterocycles. The number of benzene rings is 1. The van der Waals surface area contributed by atoms with Gasteiger partial charge in [0.25, 0.3) is 11.6 Å². The minimum absolute atomic E-state index is 0.0573. The maximum absolute atomic E-state index is 12.1. The van der Waals surface area contributed by atoms with Gasteiger partial charge in [0.05, 0.1) is 22.4 Å². The topological polar surface area (TPSA) is 114 Å². The Kier molecular flexibility index (Phi) is 3.70. The SMILES string of the molecule is Cn1cc([N+](=O)[O-])cc1C(=O)Nc1ccccc1C(=O)O. The lowest BCUT2D eigenvalue weighted by Crippen LogP contribution is -2.17. The zero-order chi connectivity index (χ0) is 15.6. The van der Waals surface area contributed by atoms with E-state index in [4.69, 9.17) is 5.11 Å². The molecule has 8 nitrogen and oxygen atoms in total. The van der Waals surface area contributed by atoms with Gasteiger partial charge in [-0.2, -0.15) is 0 Å². The van der Waals surface area contributed by atoms with E-state index in [1.54, 1.807) is 6.07 Å². The fraction of sp³-hybridized carbons (Fsp3) is 0.0769. The number of anilines is 1. The van der Waals surface area contributed by atoms with Crippen LogP contribution in [0.2, 0.25) is 0 Å². The third-order valence-electron chi connectivity index (χ3n) is 2.84. The number of aromatic nitrogens is 1. The fourth-order valence-corrected chi connectivity index (χ4v) is 1.84. The highest BCUT2D eigenvalue weighted by atomic mass is 16.6. The molecular weight excluding hydrogens is 278 g/mol.